The van der Waals surface area contributed by atoms with Crippen LogP contribution in [0.25, 0.3) is 0 Å². The molecule has 1 atom stereocenters. The Labute approximate surface area is 103 Å². The van der Waals surface area contributed by atoms with E-state index < -0.39 is 0 Å². The number of aryl methyl sites for hydroxylation is 1. The molecule has 4 heteroatoms. The van der Waals surface area contributed by atoms with Crippen LogP contribution in [0.3, 0.4) is 0 Å². The van der Waals surface area contributed by atoms with E-state index in [4.69, 9.17) is 0 Å². The van der Waals surface area contributed by atoms with Gasteiger partial charge in [0, 0.05) is 24.0 Å². The Balaban J connectivity index is 2.91. The lowest BCUT2D eigenvalue weighted by atomic mass is 10.2. The van der Waals surface area contributed by atoms with Crippen LogP contribution in [0.4, 0.5) is 5.95 Å². The molecule has 3 nitrogen and oxygen atoms in total. The van der Waals surface area contributed by atoms with Crippen molar-refractivity contribution in [3.63, 3.8) is 0 Å². The highest BCUT2D eigenvalue weighted by Gasteiger charge is 2.14. The Hall–Kier alpha value is -0.640. The van der Waals surface area contributed by atoms with Crippen molar-refractivity contribution in [3.8, 4) is 0 Å². The summed E-state index contributed by atoms with van der Waals surface area (Å²) < 4.78 is 2.28. The van der Waals surface area contributed by atoms with E-state index in [1.54, 1.807) is 0 Å². The number of thioether (sulfide) groups is 1. The average molecular weight is 241 g/mol. The lowest BCUT2D eigenvalue weighted by Gasteiger charge is -2.19. The van der Waals surface area contributed by atoms with Gasteiger partial charge in [-0.2, -0.15) is 11.8 Å². The summed E-state index contributed by atoms with van der Waals surface area (Å²) in [6.45, 7) is 8.57. The van der Waals surface area contributed by atoms with Crippen LogP contribution >= 0.6 is 11.8 Å². The van der Waals surface area contributed by atoms with Gasteiger partial charge in [0.2, 0.25) is 5.95 Å². The fourth-order valence-corrected chi connectivity index (χ4v) is 2.53. The first-order chi connectivity index (χ1) is 7.58. The molecule has 0 spiro atoms. The Kier molecular flexibility index (Phi) is 5.19. The van der Waals surface area contributed by atoms with Gasteiger partial charge < -0.3 is 9.88 Å². The quantitative estimate of drug-likeness (QED) is 0.828. The third-order valence-electron chi connectivity index (χ3n) is 2.49. The molecule has 92 valence electrons. The molecule has 1 aromatic heterocycles. The van der Waals surface area contributed by atoms with Crippen LogP contribution < -0.4 is 5.32 Å². The first kappa shape index (κ1) is 13.4. The molecule has 1 aromatic rings. The van der Waals surface area contributed by atoms with Crippen LogP contribution in [0.2, 0.25) is 0 Å². The fourth-order valence-electron chi connectivity index (χ4n) is 1.75. The molecule has 0 aliphatic heterocycles. The maximum Gasteiger partial charge on any atom is 0.203 e. The predicted octanol–water partition coefficient (Wildman–Crippen LogP) is 3.33. The van der Waals surface area contributed by atoms with Crippen LogP contribution in [0, 0.1) is 6.92 Å². The number of imidazole rings is 1. The van der Waals surface area contributed by atoms with E-state index in [1.807, 2.05) is 18.7 Å². The molecule has 0 saturated carbocycles. The molecule has 0 radical (unpaired) electrons. The van der Waals surface area contributed by atoms with Gasteiger partial charge in [0.05, 0.1) is 5.69 Å². The predicted molar refractivity (Wildman–Crippen MR) is 73.4 cm³/mol. The highest BCUT2D eigenvalue weighted by atomic mass is 32.2. The molecule has 1 rings (SSSR count). The zero-order chi connectivity index (χ0) is 12.1. The minimum Gasteiger partial charge on any atom is -0.353 e. The van der Waals surface area contributed by atoms with E-state index in [0.717, 1.165) is 23.8 Å². The Morgan fingerprint density at radius 1 is 1.50 bits per heavy atom. The summed E-state index contributed by atoms with van der Waals surface area (Å²) >= 11 is 1.89. The van der Waals surface area contributed by atoms with Crippen molar-refractivity contribution in [2.45, 2.75) is 46.2 Å². The molecule has 1 heterocycles. The molecule has 0 fully saturated rings. The van der Waals surface area contributed by atoms with Gasteiger partial charge in [0.1, 0.15) is 0 Å². The molecule has 0 amide bonds. The summed E-state index contributed by atoms with van der Waals surface area (Å²) in [5.41, 5.74) is 1.09. The summed E-state index contributed by atoms with van der Waals surface area (Å²) in [6.07, 6.45) is 5.44. The van der Waals surface area contributed by atoms with Crippen LogP contribution in [0.1, 0.15) is 38.9 Å². The molecule has 16 heavy (non-hydrogen) atoms. The van der Waals surface area contributed by atoms with E-state index in [2.05, 4.69) is 48.1 Å². The van der Waals surface area contributed by atoms with E-state index in [1.165, 1.54) is 0 Å². The maximum atomic E-state index is 4.54. The molecule has 0 aromatic carbocycles. The van der Waals surface area contributed by atoms with Crippen molar-refractivity contribution in [1.29, 1.82) is 0 Å². The minimum absolute atomic E-state index is 0.423. The number of hydrogen-bond acceptors (Lipinski definition) is 3. The highest BCUT2D eigenvalue weighted by molar-refractivity contribution is 7.98. The Morgan fingerprint density at radius 3 is 2.69 bits per heavy atom. The normalized spacial score (nSPS) is 13.1. The second-order valence-corrected chi connectivity index (χ2v) is 5.34. The molecule has 1 N–H and O–H groups in total. The van der Waals surface area contributed by atoms with E-state index >= 15 is 0 Å². The summed E-state index contributed by atoms with van der Waals surface area (Å²) in [7, 11) is 0. The molecular weight excluding hydrogens is 218 g/mol. The number of rotatable bonds is 6. The topological polar surface area (TPSA) is 29.9 Å². The van der Waals surface area contributed by atoms with Gasteiger partial charge in [-0.05, 0) is 33.4 Å². The standard InChI is InChI=1S/C12H23N3S/c1-6-11(8-16-5)15-7-10(4)14-12(15)13-9(2)3/h7,9,11H,6,8H2,1-5H3,(H,13,14). The monoisotopic (exact) mass is 241 g/mol. The van der Waals surface area contributed by atoms with Crippen molar-refractivity contribution in [1.82, 2.24) is 9.55 Å². The minimum atomic E-state index is 0.423. The van der Waals surface area contributed by atoms with Crippen molar-refractivity contribution in [2.24, 2.45) is 0 Å². The smallest absolute Gasteiger partial charge is 0.203 e. The largest absolute Gasteiger partial charge is 0.353 e. The van der Waals surface area contributed by atoms with Crippen molar-refractivity contribution >= 4 is 17.7 Å². The molecule has 1 unspecified atom stereocenters. The lowest BCUT2D eigenvalue weighted by molar-refractivity contribution is 0.541. The average Bonchev–Trinajstić information content (AvgIpc) is 2.55. The van der Waals surface area contributed by atoms with E-state index in [0.29, 0.717) is 12.1 Å². The van der Waals surface area contributed by atoms with Gasteiger partial charge >= 0.3 is 0 Å². The molecule has 0 bridgehead atoms. The molecule has 0 aliphatic carbocycles. The van der Waals surface area contributed by atoms with Crippen molar-refractivity contribution in [3.05, 3.63) is 11.9 Å². The molecule has 0 aliphatic rings. The van der Waals surface area contributed by atoms with Crippen molar-refractivity contribution < 1.29 is 0 Å². The van der Waals surface area contributed by atoms with Crippen molar-refractivity contribution in [2.75, 3.05) is 17.3 Å². The third-order valence-corrected chi connectivity index (χ3v) is 3.21. The summed E-state index contributed by atoms with van der Waals surface area (Å²) in [5.74, 6) is 2.15. The zero-order valence-corrected chi connectivity index (χ0v) is 11.8. The fraction of sp³-hybridized carbons (Fsp3) is 0.750. The van der Waals surface area contributed by atoms with Crippen LogP contribution in [-0.4, -0.2) is 27.6 Å². The Bertz CT molecular complexity index is 320. The zero-order valence-electron chi connectivity index (χ0n) is 10.9. The first-order valence-corrected chi connectivity index (χ1v) is 7.28. The van der Waals surface area contributed by atoms with Gasteiger partial charge in [-0.25, -0.2) is 4.98 Å². The number of nitrogens with one attached hydrogen (secondary N) is 1. The van der Waals surface area contributed by atoms with Crippen LogP contribution in [-0.2, 0) is 0 Å². The number of hydrogen-bond donors (Lipinski definition) is 1. The van der Waals surface area contributed by atoms with Gasteiger partial charge in [-0.1, -0.05) is 6.92 Å². The van der Waals surface area contributed by atoms with Gasteiger partial charge in [-0.15, -0.1) is 0 Å². The summed E-state index contributed by atoms with van der Waals surface area (Å²) in [6, 6.07) is 0.963. The maximum absolute atomic E-state index is 4.54. The van der Waals surface area contributed by atoms with Crippen LogP contribution in [0.5, 0.6) is 0 Å². The summed E-state index contributed by atoms with van der Waals surface area (Å²) in [5, 5.41) is 3.41. The van der Waals surface area contributed by atoms with E-state index in [-0.39, 0.29) is 0 Å². The number of anilines is 1. The molecular formula is C12H23N3S. The second-order valence-electron chi connectivity index (χ2n) is 4.43. The SMILES string of the molecule is CCC(CSC)n1cc(C)nc1NC(C)C. The Morgan fingerprint density at radius 2 is 2.19 bits per heavy atom. The second kappa shape index (κ2) is 6.18. The van der Waals surface area contributed by atoms with Gasteiger partial charge in [-0.3, -0.25) is 0 Å². The lowest BCUT2D eigenvalue weighted by Crippen LogP contribution is -2.18. The summed E-state index contributed by atoms with van der Waals surface area (Å²) in [4.78, 5) is 4.54. The van der Waals surface area contributed by atoms with Gasteiger partial charge in [0.25, 0.3) is 0 Å². The van der Waals surface area contributed by atoms with E-state index in [9.17, 15) is 0 Å². The van der Waals surface area contributed by atoms with Gasteiger partial charge in [0.15, 0.2) is 0 Å². The van der Waals surface area contributed by atoms with Crippen LogP contribution in [0.15, 0.2) is 6.20 Å². The number of nitrogens with zero attached hydrogens (tertiary/aromatic N) is 2. The molecule has 0 saturated heterocycles. The third kappa shape index (κ3) is 3.44. The first-order valence-electron chi connectivity index (χ1n) is 5.89. The number of aromatic nitrogens is 2. The highest BCUT2D eigenvalue weighted by Crippen LogP contribution is 2.22.